The summed E-state index contributed by atoms with van der Waals surface area (Å²) in [6, 6.07) is 10.6. The largest absolute Gasteiger partial charge is 0.357 e. The van der Waals surface area contributed by atoms with Crippen LogP contribution in [0.4, 0.5) is 0 Å². The van der Waals surface area contributed by atoms with E-state index in [2.05, 4.69) is 66.0 Å². The highest BCUT2D eigenvalue weighted by Crippen LogP contribution is 2.09. The summed E-state index contributed by atoms with van der Waals surface area (Å²) in [4.78, 5) is 4.65. The number of hydrogen-bond acceptors (Lipinski definition) is 1. The Kier molecular flexibility index (Phi) is 6.07. The van der Waals surface area contributed by atoms with Crippen molar-refractivity contribution in [2.24, 2.45) is 12.0 Å². The second-order valence-electron chi connectivity index (χ2n) is 5.36. The van der Waals surface area contributed by atoms with Crippen molar-refractivity contribution < 1.29 is 0 Å². The highest BCUT2D eigenvalue weighted by atomic mass is 15.2. The summed E-state index contributed by atoms with van der Waals surface area (Å²) < 4.78 is 2.04. The minimum atomic E-state index is 0.686. The molecular weight excluding hydrogens is 272 g/mol. The summed E-state index contributed by atoms with van der Waals surface area (Å²) in [7, 11) is 2.03. The number of hydrogen-bond donors (Lipinski definition) is 2. The minimum Gasteiger partial charge on any atom is -0.357 e. The van der Waals surface area contributed by atoms with Gasteiger partial charge in [0.05, 0.1) is 6.54 Å². The number of aliphatic imine (C=N–C) groups is 1. The van der Waals surface area contributed by atoms with Gasteiger partial charge in [0.15, 0.2) is 5.96 Å². The van der Waals surface area contributed by atoms with Crippen molar-refractivity contribution in [2.45, 2.75) is 33.4 Å². The van der Waals surface area contributed by atoms with Gasteiger partial charge in [-0.2, -0.15) is 0 Å². The van der Waals surface area contributed by atoms with E-state index < -0.39 is 0 Å². The van der Waals surface area contributed by atoms with Crippen LogP contribution >= 0.6 is 0 Å². The topological polar surface area (TPSA) is 41.4 Å². The molecule has 0 spiro atoms. The highest BCUT2D eigenvalue weighted by molar-refractivity contribution is 5.79. The van der Waals surface area contributed by atoms with E-state index in [0.717, 1.165) is 25.5 Å². The Bertz CT molecular complexity index is 613. The molecular formula is C18H26N4. The second-order valence-corrected chi connectivity index (χ2v) is 5.36. The number of nitrogens with one attached hydrogen (secondary N) is 2. The lowest BCUT2D eigenvalue weighted by molar-refractivity contribution is 0.808. The number of benzene rings is 1. The van der Waals surface area contributed by atoms with Crippen LogP contribution in [0.15, 0.2) is 47.7 Å². The van der Waals surface area contributed by atoms with Crippen LogP contribution in [0.3, 0.4) is 0 Å². The van der Waals surface area contributed by atoms with E-state index in [1.807, 2.05) is 17.8 Å². The summed E-state index contributed by atoms with van der Waals surface area (Å²) in [6.45, 7) is 6.61. The quantitative estimate of drug-likeness (QED) is 0.636. The van der Waals surface area contributed by atoms with Gasteiger partial charge < -0.3 is 15.2 Å². The Morgan fingerprint density at radius 1 is 1.09 bits per heavy atom. The first-order chi connectivity index (χ1) is 10.7. The predicted octanol–water partition coefficient (Wildman–Crippen LogP) is 2.84. The summed E-state index contributed by atoms with van der Waals surface area (Å²) in [5, 5.41) is 6.72. The molecule has 0 bridgehead atoms. The van der Waals surface area contributed by atoms with Gasteiger partial charge in [-0.1, -0.05) is 31.2 Å². The molecule has 0 aliphatic carbocycles. The molecule has 0 aliphatic heterocycles. The maximum atomic E-state index is 4.65. The van der Waals surface area contributed by atoms with Gasteiger partial charge in [0.25, 0.3) is 0 Å². The van der Waals surface area contributed by atoms with E-state index in [9.17, 15) is 0 Å². The molecule has 0 fully saturated rings. The molecule has 4 heteroatoms. The third-order valence-corrected chi connectivity index (χ3v) is 3.60. The first kappa shape index (κ1) is 16.1. The van der Waals surface area contributed by atoms with E-state index in [-0.39, 0.29) is 0 Å². The molecule has 0 atom stereocenters. The average Bonchev–Trinajstić information content (AvgIpc) is 2.96. The zero-order valence-corrected chi connectivity index (χ0v) is 13.8. The average molecular weight is 298 g/mol. The number of nitrogens with zero attached hydrogens (tertiary/aromatic N) is 2. The molecule has 0 saturated carbocycles. The summed E-state index contributed by atoms with van der Waals surface area (Å²) in [5.41, 5.74) is 3.93. The van der Waals surface area contributed by atoms with Crippen LogP contribution in [0.1, 0.15) is 30.5 Å². The summed E-state index contributed by atoms with van der Waals surface area (Å²) in [6.07, 6.45) is 5.19. The van der Waals surface area contributed by atoms with Crippen molar-refractivity contribution in [2.75, 3.05) is 6.54 Å². The van der Waals surface area contributed by atoms with Crippen LogP contribution < -0.4 is 10.6 Å². The molecule has 1 aromatic carbocycles. The first-order valence-electron chi connectivity index (χ1n) is 7.92. The first-order valence-corrected chi connectivity index (χ1v) is 7.92. The Morgan fingerprint density at radius 2 is 1.86 bits per heavy atom. The van der Waals surface area contributed by atoms with Gasteiger partial charge >= 0.3 is 0 Å². The molecule has 0 unspecified atom stereocenters. The maximum absolute atomic E-state index is 4.65. The van der Waals surface area contributed by atoms with Crippen molar-refractivity contribution in [1.29, 1.82) is 0 Å². The van der Waals surface area contributed by atoms with E-state index in [4.69, 9.17) is 0 Å². The third-order valence-electron chi connectivity index (χ3n) is 3.60. The predicted molar refractivity (Wildman–Crippen MR) is 92.9 cm³/mol. The second kappa shape index (κ2) is 8.27. The fourth-order valence-electron chi connectivity index (χ4n) is 2.42. The Balaban J connectivity index is 1.99. The van der Waals surface area contributed by atoms with E-state index in [1.54, 1.807) is 0 Å². The van der Waals surface area contributed by atoms with Gasteiger partial charge in [0.1, 0.15) is 0 Å². The van der Waals surface area contributed by atoms with Crippen molar-refractivity contribution in [3.05, 3.63) is 59.4 Å². The summed E-state index contributed by atoms with van der Waals surface area (Å²) >= 11 is 0. The smallest absolute Gasteiger partial charge is 0.191 e. The monoisotopic (exact) mass is 298 g/mol. The zero-order valence-electron chi connectivity index (χ0n) is 13.8. The van der Waals surface area contributed by atoms with Gasteiger partial charge in [-0.15, -0.1) is 0 Å². The molecule has 4 nitrogen and oxygen atoms in total. The number of aromatic nitrogens is 1. The van der Waals surface area contributed by atoms with E-state index >= 15 is 0 Å². The van der Waals surface area contributed by atoms with Gasteiger partial charge in [-0.3, -0.25) is 0 Å². The fraction of sp³-hybridized carbons (Fsp3) is 0.389. The van der Waals surface area contributed by atoms with Crippen LogP contribution in [0, 0.1) is 0 Å². The lowest BCUT2D eigenvalue weighted by Crippen LogP contribution is -2.37. The van der Waals surface area contributed by atoms with Crippen molar-refractivity contribution >= 4 is 5.96 Å². The highest BCUT2D eigenvalue weighted by Gasteiger charge is 2.02. The van der Waals surface area contributed by atoms with Crippen molar-refractivity contribution in [3.63, 3.8) is 0 Å². The molecule has 2 rings (SSSR count). The van der Waals surface area contributed by atoms with Crippen molar-refractivity contribution in [3.8, 4) is 0 Å². The van der Waals surface area contributed by atoms with Gasteiger partial charge in [-0.25, -0.2) is 4.99 Å². The Hall–Kier alpha value is -2.23. The van der Waals surface area contributed by atoms with Crippen LogP contribution in [0.2, 0.25) is 0 Å². The molecule has 0 aliphatic rings. The molecule has 2 aromatic rings. The third kappa shape index (κ3) is 4.65. The molecule has 1 aromatic heterocycles. The van der Waals surface area contributed by atoms with Crippen LogP contribution in [-0.4, -0.2) is 17.1 Å². The SMILES string of the molecule is CCNC(=NCc1ccn(C)c1)NCc1ccccc1CC. The van der Waals surface area contributed by atoms with Crippen LogP contribution in [-0.2, 0) is 26.6 Å². The van der Waals surface area contributed by atoms with E-state index in [1.165, 1.54) is 16.7 Å². The lowest BCUT2D eigenvalue weighted by atomic mass is 10.1. The maximum Gasteiger partial charge on any atom is 0.191 e. The molecule has 118 valence electrons. The van der Waals surface area contributed by atoms with Crippen LogP contribution in [0.5, 0.6) is 0 Å². The van der Waals surface area contributed by atoms with E-state index in [0.29, 0.717) is 6.54 Å². The molecule has 2 N–H and O–H groups in total. The Morgan fingerprint density at radius 3 is 2.50 bits per heavy atom. The number of guanidine groups is 1. The number of aryl methyl sites for hydroxylation is 2. The van der Waals surface area contributed by atoms with Gasteiger partial charge in [-0.05, 0) is 36.1 Å². The molecule has 0 saturated heterocycles. The molecule has 1 heterocycles. The Labute approximate surface area is 133 Å². The zero-order chi connectivity index (χ0) is 15.8. The minimum absolute atomic E-state index is 0.686. The van der Waals surface area contributed by atoms with Gasteiger partial charge in [0, 0.05) is 32.5 Å². The summed E-state index contributed by atoms with van der Waals surface area (Å²) in [5.74, 6) is 0.859. The normalized spacial score (nSPS) is 11.5. The standard InChI is InChI=1S/C18H26N4/c1-4-16-8-6-7-9-17(16)13-21-18(19-5-2)20-12-15-10-11-22(3)14-15/h6-11,14H,4-5,12-13H2,1-3H3,(H2,19,20,21). The lowest BCUT2D eigenvalue weighted by Gasteiger charge is -2.13. The molecule has 0 amide bonds. The molecule has 0 radical (unpaired) electrons. The fourth-order valence-corrected chi connectivity index (χ4v) is 2.42. The van der Waals surface area contributed by atoms with Gasteiger partial charge in [0.2, 0.25) is 0 Å². The number of rotatable bonds is 6. The molecule has 22 heavy (non-hydrogen) atoms. The van der Waals surface area contributed by atoms with Crippen molar-refractivity contribution in [1.82, 2.24) is 15.2 Å². The van der Waals surface area contributed by atoms with Crippen LogP contribution in [0.25, 0.3) is 0 Å².